The lowest BCUT2D eigenvalue weighted by atomic mass is 10.2. The standard InChI is InChI=1S/C17H15N5O2/c23-16(19-11-4-2-1-3-5-11)20-12-6-7-14-13(10-12)15-18-8-9-22(15)17(24)21-14/h1-7,10,18H,8-9H2,(H2,19,20,23). The number of amides is 2. The molecule has 2 heterocycles. The van der Waals surface area contributed by atoms with E-state index in [0.717, 1.165) is 11.2 Å². The highest BCUT2D eigenvalue weighted by Crippen LogP contribution is 2.26. The van der Waals surface area contributed by atoms with Crippen LogP contribution in [-0.4, -0.2) is 22.1 Å². The summed E-state index contributed by atoms with van der Waals surface area (Å²) in [6, 6.07) is 14.2. The third-order valence-electron chi connectivity index (χ3n) is 3.89. The second-order valence-electron chi connectivity index (χ2n) is 5.50. The first-order valence-corrected chi connectivity index (χ1v) is 7.62. The molecule has 1 aliphatic rings. The largest absolute Gasteiger partial charge is 0.369 e. The Bertz CT molecular complexity index is 981. The van der Waals surface area contributed by atoms with Crippen molar-refractivity contribution in [3.8, 4) is 0 Å². The number of anilines is 3. The van der Waals surface area contributed by atoms with Crippen molar-refractivity contribution in [2.45, 2.75) is 6.54 Å². The topological polar surface area (TPSA) is 88.1 Å². The van der Waals surface area contributed by atoms with Gasteiger partial charge in [0.2, 0.25) is 0 Å². The van der Waals surface area contributed by atoms with Crippen LogP contribution in [0.5, 0.6) is 0 Å². The molecule has 0 unspecified atom stereocenters. The minimum atomic E-state index is -0.328. The van der Waals surface area contributed by atoms with Crippen molar-refractivity contribution >= 4 is 34.1 Å². The highest BCUT2D eigenvalue weighted by molar-refractivity contribution is 6.02. The highest BCUT2D eigenvalue weighted by atomic mass is 16.2. The lowest BCUT2D eigenvalue weighted by molar-refractivity contribution is 0.262. The highest BCUT2D eigenvalue weighted by Gasteiger charge is 2.16. The zero-order chi connectivity index (χ0) is 16.5. The molecule has 7 heteroatoms. The Balaban J connectivity index is 1.62. The molecular formula is C17H15N5O2. The summed E-state index contributed by atoms with van der Waals surface area (Å²) in [5.41, 5.74) is 1.69. The van der Waals surface area contributed by atoms with E-state index < -0.39 is 0 Å². The molecule has 1 aromatic heterocycles. The molecule has 3 N–H and O–H groups in total. The first kappa shape index (κ1) is 14.3. The minimum absolute atomic E-state index is 0.259. The number of para-hydroxylation sites is 1. The number of aromatic nitrogens is 2. The van der Waals surface area contributed by atoms with Crippen molar-refractivity contribution in [1.29, 1.82) is 0 Å². The van der Waals surface area contributed by atoms with E-state index in [2.05, 4.69) is 20.9 Å². The summed E-state index contributed by atoms with van der Waals surface area (Å²) in [6.07, 6.45) is 0. The van der Waals surface area contributed by atoms with Gasteiger partial charge in [-0.25, -0.2) is 9.59 Å². The van der Waals surface area contributed by atoms with Crippen LogP contribution in [0.4, 0.5) is 22.0 Å². The second-order valence-corrected chi connectivity index (χ2v) is 5.50. The molecule has 3 aromatic rings. The summed E-state index contributed by atoms with van der Waals surface area (Å²) < 4.78 is 1.61. The fourth-order valence-corrected chi connectivity index (χ4v) is 2.80. The Labute approximate surface area is 137 Å². The average molecular weight is 321 g/mol. The van der Waals surface area contributed by atoms with E-state index in [0.29, 0.717) is 30.0 Å². The summed E-state index contributed by atoms with van der Waals surface area (Å²) >= 11 is 0. The first-order valence-electron chi connectivity index (χ1n) is 7.62. The smallest absolute Gasteiger partial charge is 0.349 e. The van der Waals surface area contributed by atoms with Crippen molar-refractivity contribution in [2.75, 3.05) is 22.5 Å². The van der Waals surface area contributed by atoms with Crippen LogP contribution in [0.15, 0.2) is 53.3 Å². The van der Waals surface area contributed by atoms with E-state index in [1.54, 1.807) is 16.7 Å². The number of fused-ring (bicyclic) bond motifs is 3. The van der Waals surface area contributed by atoms with Gasteiger partial charge in [-0.1, -0.05) is 18.2 Å². The molecule has 0 aliphatic carbocycles. The molecule has 0 saturated carbocycles. The number of hydrogen-bond acceptors (Lipinski definition) is 4. The molecule has 0 spiro atoms. The van der Waals surface area contributed by atoms with Crippen LogP contribution in [0, 0.1) is 0 Å². The molecule has 2 amide bonds. The predicted octanol–water partition coefficient (Wildman–Crippen LogP) is 2.47. The maximum absolute atomic E-state index is 12.1. The summed E-state index contributed by atoms with van der Waals surface area (Å²) in [7, 11) is 0. The van der Waals surface area contributed by atoms with Gasteiger partial charge in [-0.2, -0.15) is 4.98 Å². The lowest BCUT2D eigenvalue weighted by Gasteiger charge is -2.10. The molecule has 0 radical (unpaired) electrons. The molecule has 120 valence electrons. The van der Waals surface area contributed by atoms with E-state index in [-0.39, 0.29) is 11.7 Å². The Morgan fingerprint density at radius 3 is 2.71 bits per heavy atom. The van der Waals surface area contributed by atoms with Gasteiger partial charge in [0.15, 0.2) is 0 Å². The van der Waals surface area contributed by atoms with Gasteiger partial charge in [-0.05, 0) is 30.3 Å². The maximum Gasteiger partial charge on any atom is 0.349 e. The molecular weight excluding hydrogens is 306 g/mol. The number of carbonyl (C=O) groups is 1. The van der Waals surface area contributed by atoms with Crippen LogP contribution in [0.3, 0.4) is 0 Å². The van der Waals surface area contributed by atoms with E-state index in [9.17, 15) is 9.59 Å². The van der Waals surface area contributed by atoms with E-state index in [1.165, 1.54) is 0 Å². The van der Waals surface area contributed by atoms with Gasteiger partial charge in [0, 0.05) is 29.9 Å². The first-order chi connectivity index (χ1) is 11.7. The van der Waals surface area contributed by atoms with Crippen LogP contribution in [0.25, 0.3) is 10.9 Å². The van der Waals surface area contributed by atoms with Gasteiger partial charge < -0.3 is 16.0 Å². The van der Waals surface area contributed by atoms with Crippen molar-refractivity contribution in [2.24, 2.45) is 0 Å². The zero-order valence-corrected chi connectivity index (χ0v) is 12.7. The molecule has 0 fully saturated rings. The Kier molecular flexibility index (Phi) is 3.38. The third-order valence-corrected chi connectivity index (χ3v) is 3.89. The lowest BCUT2D eigenvalue weighted by Crippen LogP contribution is -2.21. The van der Waals surface area contributed by atoms with Crippen LogP contribution >= 0.6 is 0 Å². The molecule has 0 saturated heterocycles. The van der Waals surface area contributed by atoms with Gasteiger partial charge in [0.05, 0.1) is 5.52 Å². The number of nitrogens with zero attached hydrogens (tertiary/aromatic N) is 2. The molecule has 1 aliphatic heterocycles. The van der Waals surface area contributed by atoms with Gasteiger partial charge in [-0.15, -0.1) is 0 Å². The van der Waals surface area contributed by atoms with E-state index in [4.69, 9.17) is 0 Å². The molecule has 4 rings (SSSR count). The number of rotatable bonds is 2. The average Bonchev–Trinajstić information content (AvgIpc) is 3.07. The Hall–Kier alpha value is -3.35. The number of benzene rings is 2. The summed E-state index contributed by atoms with van der Waals surface area (Å²) in [4.78, 5) is 28.1. The van der Waals surface area contributed by atoms with Gasteiger partial charge in [0.25, 0.3) is 0 Å². The molecule has 2 aromatic carbocycles. The Morgan fingerprint density at radius 1 is 1.08 bits per heavy atom. The van der Waals surface area contributed by atoms with Gasteiger partial charge in [0.1, 0.15) is 5.82 Å². The van der Waals surface area contributed by atoms with Crippen LogP contribution in [0.2, 0.25) is 0 Å². The van der Waals surface area contributed by atoms with E-state index >= 15 is 0 Å². The molecule has 24 heavy (non-hydrogen) atoms. The number of nitrogens with one attached hydrogen (secondary N) is 3. The number of carbonyl (C=O) groups excluding carboxylic acids is 1. The van der Waals surface area contributed by atoms with Gasteiger partial charge >= 0.3 is 11.7 Å². The normalized spacial score (nSPS) is 12.5. The van der Waals surface area contributed by atoms with Crippen molar-refractivity contribution in [1.82, 2.24) is 9.55 Å². The fourth-order valence-electron chi connectivity index (χ4n) is 2.80. The quantitative estimate of drug-likeness (QED) is 0.676. The van der Waals surface area contributed by atoms with E-state index in [1.807, 2.05) is 36.4 Å². The summed E-state index contributed by atoms with van der Waals surface area (Å²) in [5.74, 6) is 0.747. The van der Waals surface area contributed by atoms with Crippen molar-refractivity contribution in [3.63, 3.8) is 0 Å². The Morgan fingerprint density at radius 2 is 1.88 bits per heavy atom. The predicted molar refractivity (Wildman–Crippen MR) is 93.6 cm³/mol. The molecule has 0 bridgehead atoms. The van der Waals surface area contributed by atoms with Crippen LogP contribution in [0.1, 0.15) is 0 Å². The zero-order valence-electron chi connectivity index (χ0n) is 12.7. The fraction of sp³-hybridized carbons (Fsp3) is 0.118. The maximum atomic E-state index is 12.1. The SMILES string of the molecule is O=C(Nc1ccccc1)Nc1ccc2nc(=O)n3c(c2c1)NCC3. The van der Waals surface area contributed by atoms with Gasteiger partial charge in [-0.3, -0.25) is 4.57 Å². The van der Waals surface area contributed by atoms with Crippen LogP contribution in [-0.2, 0) is 6.54 Å². The monoisotopic (exact) mass is 321 g/mol. The van der Waals surface area contributed by atoms with Crippen molar-refractivity contribution < 1.29 is 4.79 Å². The summed E-state index contributed by atoms with van der Waals surface area (Å²) in [6.45, 7) is 1.30. The number of urea groups is 1. The molecule has 7 nitrogen and oxygen atoms in total. The van der Waals surface area contributed by atoms with Crippen LogP contribution < -0.4 is 21.6 Å². The molecule has 0 atom stereocenters. The summed E-state index contributed by atoms with van der Waals surface area (Å²) in [5, 5.41) is 9.57. The number of hydrogen-bond donors (Lipinski definition) is 3. The minimum Gasteiger partial charge on any atom is -0.369 e. The second kappa shape index (κ2) is 5.69. The third kappa shape index (κ3) is 2.56. The van der Waals surface area contributed by atoms with Crippen molar-refractivity contribution in [3.05, 3.63) is 59.0 Å².